The van der Waals surface area contributed by atoms with Crippen LogP contribution >= 0.6 is 0 Å². The molecule has 7 nitrogen and oxygen atoms in total. The van der Waals surface area contributed by atoms with E-state index in [2.05, 4.69) is 25.9 Å². The van der Waals surface area contributed by atoms with Gasteiger partial charge in [-0.1, -0.05) is 0 Å². The lowest BCUT2D eigenvalue weighted by Crippen LogP contribution is -2.37. The summed E-state index contributed by atoms with van der Waals surface area (Å²) >= 11 is 0. The van der Waals surface area contributed by atoms with Gasteiger partial charge in [-0.3, -0.25) is 24.0 Å². The minimum absolute atomic E-state index is 0.102. The molecule has 29 heavy (non-hydrogen) atoms. The van der Waals surface area contributed by atoms with Crippen molar-refractivity contribution in [1.82, 2.24) is 19.6 Å². The molecule has 0 N–H and O–H groups in total. The number of carbonyl (C=O) groups excluding carboxylic acids is 3. The molecular formula is C22H26N4O3. The molecule has 1 aromatic heterocycles. The van der Waals surface area contributed by atoms with Crippen LogP contribution in [0.25, 0.3) is 0 Å². The molecular weight excluding hydrogens is 368 g/mol. The van der Waals surface area contributed by atoms with Gasteiger partial charge < -0.3 is 4.90 Å². The van der Waals surface area contributed by atoms with Crippen LogP contribution in [0.2, 0.25) is 0 Å². The zero-order valence-electron chi connectivity index (χ0n) is 17.5. The Bertz CT molecular complexity index is 1030. The molecule has 0 aliphatic carbocycles. The van der Waals surface area contributed by atoms with Crippen LogP contribution in [0.1, 0.15) is 77.0 Å². The van der Waals surface area contributed by atoms with E-state index in [1.54, 1.807) is 36.9 Å². The molecule has 3 amide bonds. The van der Waals surface area contributed by atoms with Crippen LogP contribution in [-0.4, -0.2) is 49.9 Å². The van der Waals surface area contributed by atoms with Crippen molar-refractivity contribution in [3.8, 4) is 0 Å². The van der Waals surface area contributed by atoms with E-state index >= 15 is 0 Å². The third-order valence-corrected chi connectivity index (χ3v) is 5.54. The van der Waals surface area contributed by atoms with Crippen molar-refractivity contribution >= 4 is 17.7 Å². The van der Waals surface area contributed by atoms with Gasteiger partial charge in [0.2, 0.25) is 0 Å². The number of fused-ring (bicyclic) bond motifs is 2. The molecule has 0 saturated carbocycles. The molecule has 0 bridgehead atoms. The maximum absolute atomic E-state index is 13.1. The molecule has 0 spiro atoms. The number of aromatic nitrogens is 2. The van der Waals surface area contributed by atoms with Gasteiger partial charge in [-0.25, -0.2) is 0 Å². The molecule has 0 fully saturated rings. The van der Waals surface area contributed by atoms with E-state index in [0.717, 1.165) is 12.0 Å². The van der Waals surface area contributed by atoms with Crippen LogP contribution in [0.4, 0.5) is 0 Å². The maximum atomic E-state index is 13.1. The quantitative estimate of drug-likeness (QED) is 0.734. The Labute approximate surface area is 170 Å². The largest absolute Gasteiger partial charge is 0.334 e. The van der Waals surface area contributed by atoms with Gasteiger partial charge in [0.25, 0.3) is 17.7 Å². The Hall–Kier alpha value is -2.96. The molecule has 2 aliphatic heterocycles. The molecule has 0 saturated heterocycles. The van der Waals surface area contributed by atoms with Crippen molar-refractivity contribution in [3.63, 3.8) is 0 Å². The Balaban J connectivity index is 1.59. The van der Waals surface area contributed by atoms with Crippen molar-refractivity contribution in [2.24, 2.45) is 0 Å². The maximum Gasteiger partial charge on any atom is 0.261 e. The van der Waals surface area contributed by atoms with Crippen molar-refractivity contribution in [2.75, 3.05) is 6.54 Å². The second kappa shape index (κ2) is 6.54. The highest BCUT2D eigenvalue weighted by Crippen LogP contribution is 2.28. The highest BCUT2D eigenvalue weighted by atomic mass is 16.2. The van der Waals surface area contributed by atoms with Gasteiger partial charge in [0.15, 0.2) is 0 Å². The van der Waals surface area contributed by atoms with Crippen molar-refractivity contribution < 1.29 is 14.4 Å². The smallest absolute Gasteiger partial charge is 0.261 e. The molecule has 3 heterocycles. The zero-order chi connectivity index (χ0) is 21.1. The fourth-order valence-electron chi connectivity index (χ4n) is 4.13. The fraction of sp³-hybridized carbons (Fsp3) is 0.455. The highest BCUT2D eigenvalue weighted by Gasteiger charge is 2.38. The zero-order valence-corrected chi connectivity index (χ0v) is 17.5. The number of imide groups is 1. The topological polar surface area (TPSA) is 75.5 Å². The van der Waals surface area contributed by atoms with Gasteiger partial charge in [0.1, 0.15) is 0 Å². The summed E-state index contributed by atoms with van der Waals surface area (Å²) in [5.41, 5.74) is 3.24. The van der Waals surface area contributed by atoms with E-state index in [4.69, 9.17) is 0 Å². The molecule has 2 aromatic rings. The SMILES string of the molecule is CC(C)N1C(=O)c2ccc(C(=O)N3CCc4c(cnn4C(C)(C)C)C3)cc2C1=O. The number of hydrogen-bond acceptors (Lipinski definition) is 4. The monoisotopic (exact) mass is 394 g/mol. The number of amides is 3. The van der Waals surface area contributed by atoms with Crippen LogP contribution in [0, 0.1) is 0 Å². The van der Waals surface area contributed by atoms with Gasteiger partial charge >= 0.3 is 0 Å². The lowest BCUT2D eigenvalue weighted by atomic mass is 10.0. The average molecular weight is 394 g/mol. The van der Waals surface area contributed by atoms with Crippen LogP contribution in [0.15, 0.2) is 24.4 Å². The van der Waals surface area contributed by atoms with E-state index < -0.39 is 0 Å². The van der Waals surface area contributed by atoms with Gasteiger partial charge in [0.05, 0.1) is 22.9 Å². The normalized spacial score (nSPS) is 16.5. The summed E-state index contributed by atoms with van der Waals surface area (Å²) in [6.07, 6.45) is 2.58. The molecule has 0 radical (unpaired) electrons. The summed E-state index contributed by atoms with van der Waals surface area (Å²) in [5.74, 6) is -0.761. The molecule has 0 atom stereocenters. The van der Waals surface area contributed by atoms with Gasteiger partial charge in [0, 0.05) is 42.4 Å². The third-order valence-electron chi connectivity index (χ3n) is 5.54. The van der Waals surface area contributed by atoms with E-state index in [-0.39, 0.29) is 29.3 Å². The first-order chi connectivity index (χ1) is 13.6. The molecule has 2 aliphatic rings. The summed E-state index contributed by atoms with van der Waals surface area (Å²) in [4.78, 5) is 41.2. The predicted octanol–water partition coefficient (Wildman–Crippen LogP) is 2.84. The summed E-state index contributed by atoms with van der Waals surface area (Å²) in [6.45, 7) is 11.0. The Morgan fingerprint density at radius 2 is 1.79 bits per heavy atom. The third kappa shape index (κ3) is 3.05. The summed E-state index contributed by atoms with van der Waals surface area (Å²) in [5, 5.41) is 4.52. The minimum Gasteiger partial charge on any atom is -0.334 e. The molecule has 1 aromatic carbocycles. The standard InChI is InChI=1S/C22H26N4O3/c1-13(2)25-20(28)16-7-6-14(10-17(16)21(25)29)19(27)24-9-8-18-15(12-24)11-23-26(18)22(3,4)5/h6-7,10-11,13H,8-9,12H2,1-5H3. The number of nitrogens with zero attached hydrogens (tertiary/aromatic N) is 4. The van der Waals surface area contributed by atoms with Gasteiger partial charge in [-0.2, -0.15) is 5.10 Å². The van der Waals surface area contributed by atoms with Crippen molar-refractivity contribution in [3.05, 3.63) is 52.3 Å². The second-order valence-corrected chi connectivity index (χ2v) is 9.01. The first-order valence-electron chi connectivity index (χ1n) is 9.97. The van der Waals surface area contributed by atoms with E-state index in [0.29, 0.717) is 29.8 Å². The molecule has 7 heteroatoms. The Morgan fingerprint density at radius 1 is 1.10 bits per heavy atom. The Morgan fingerprint density at radius 3 is 2.45 bits per heavy atom. The lowest BCUT2D eigenvalue weighted by Gasteiger charge is -2.30. The summed E-state index contributed by atoms with van der Waals surface area (Å²) in [7, 11) is 0. The summed E-state index contributed by atoms with van der Waals surface area (Å²) < 4.78 is 2.03. The first-order valence-corrected chi connectivity index (χ1v) is 9.97. The van der Waals surface area contributed by atoms with Crippen LogP contribution < -0.4 is 0 Å². The van der Waals surface area contributed by atoms with E-state index in [9.17, 15) is 14.4 Å². The number of benzene rings is 1. The van der Waals surface area contributed by atoms with Gasteiger partial charge in [-0.15, -0.1) is 0 Å². The van der Waals surface area contributed by atoms with E-state index in [1.165, 1.54) is 10.6 Å². The molecule has 152 valence electrons. The highest BCUT2D eigenvalue weighted by molar-refractivity contribution is 6.22. The van der Waals surface area contributed by atoms with Crippen LogP contribution in [0.3, 0.4) is 0 Å². The van der Waals surface area contributed by atoms with Gasteiger partial charge in [-0.05, 0) is 52.8 Å². The number of carbonyl (C=O) groups is 3. The number of rotatable bonds is 2. The lowest BCUT2D eigenvalue weighted by molar-refractivity contribution is 0.0608. The second-order valence-electron chi connectivity index (χ2n) is 9.01. The first kappa shape index (κ1) is 19.4. The summed E-state index contributed by atoms with van der Waals surface area (Å²) in [6, 6.07) is 4.58. The van der Waals surface area contributed by atoms with Crippen LogP contribution in [-0.2, 0) is 18.5 Å². The Kier molecular flexibility index (Phi) is 4.37. The van der Waals surface area contributed by atoms with Crippen molar-refractivity contribution in [1.29, 1.82) is 0 Å². The molecule has 0 unspecified atom stereocenters. The van der Waals surface area contributed by atoms with Crippen molar-refractivity contribution in [2.45, 2.75) is 59.2 Å². The molecule has 4 rings (SSSR count). The van der Waals surface area contributed by atoms with E-state index in [1.807, 2.05) is 10.9 Å². The predicted molar refractivity (Wildman–Crippen MR) is 108 cm³/mol. The minimum atomic E-state index is -0.331. The fourth-order valence-corrected chi connectivity index (χ4v) is 4.13. The van der Waals surface area contributed by atoms with Crippen LogP contribution in [0.5, 0.6) is 0 Å². The number of hydrogen-bond donors (Lipinski definition) is 0. The average Bonchev–Trinajstić information content (AvgIpc) is 3.19.